The van der Waals surface area contributed by atoms with Crippen LogP contribution in [0.25, 0.3) is 10.9 Å². The zero-order chi connectivity index (χ0) is 19.6. The zero-order valence-corrected chi connectivity index (χ0v) is 18.5. The van der Waals surface area contributed by atoms with E-state index >= 15 is 0 Å². The van der Waals surface area contributed by atoms with Crippen LogP contribution in [0, 0.1) is 6.92 Å². The number of carboxylic acid groups (broad SMARTS) is 1. The molecule has 3 aromatic rings. The molecule has 0 bridgehead atoms. The van der Waals surface area contributed by atoms with Crippen LogP contribution in [0.4, 0.5) is 0 Å². The van der Waals surface area contributed by atoms with Gasteiger partial charge in [-0.25, -0.2) is 4.79 Å². The van der Waals surface area contributed by atoms with Crippen molar-refractivity contribution in [3.05, 3.63) is 64.3 Å². The molecule has 0 aliphatic carbocycles. The first-order valence-electron chi connectivity index (χ1n) is 8.35. The van der Waals surface area contributed by atoms with Crippen LogP contribution in [0.2, 0.25) is 5.02 Å². The van der Waals surface area contributed by atoms with Crippen LogP contribution in [0.1, 0.15) is 16.8 Å². The number of hydrogen-bond acceptors (Lipinski definition) is 3. The fraction of sp³-hybridized carbons (Fsp3) is 0.200. The number of carbonyl (C=O) groups excluding carboxylic acids is 1. The van der Waals surface area contributed by atoms with Crippen molar-refractivity contribution < 1.29 is 19.4 Å². The Kier molecular flexibility index (Phi) is 7.55. The second-order valence-electron chi connectivity index (χ2n) is 6.26. The van der Waals surface area contributed by atoms with Gasteiger partial charge in [0.15, 0.2) is 6.61 Å². The van der Waals surface area contributed by atoms with Gasteiger partial charge in [-0.15, -0.1) is 0 Å². The van der Waals surface area contributed by atoms with Crippen molar-refractivity contribution in [1.29, 1.82) is 0 Å². The van der Waals surface area contributed by atoms with Gasteiger partial charge in [-0.05, 0) is 42.3 Å². The van der Waals surface area contributed by atoms with Crippen molar-refractivity contribution in [2.45, 2.75) is 19.9 Å². The molecule has 3 N–H and O–H groups in total. The first-order valence-corrected chi connectivity index (χ1v) is 8.72. The summed E-state index contributed by atoms with van der Waals surface area (Å²) >= 11 is 6.09. The summed E-state index contributed by atoms with van der Waals surface area (Å²) < 4.78 is 7.50. The number of amides is 1. The molecular weight excluding hydrogens is 391 g/mol. The molecule has 0 aliphatic heterocycles. The average Bonchev–Trinajstić information content (AvgIpc) is 2.86. The van der Waals surface area contributed by atoms with Gasteiger partial charge < -0.3 is 20.1 Å². The molecule has 0 fully saturated rings. The molecule has 0 unspecified atom stereocenters. The number of benzene rings is 2. The van der Waals surface area contributed by atoms with Crippen molar-refractivity contribution in [3.63, 3.8) is 0 Å². The van der Waals surface area contributed by atoms with E-state index in [1.54, 1.807) is 12.1 Å². The van der Waals surface area contributed by atoms with E-state index in [1.807, 2.05) is 41.8 Å². The largest absolute Gasteiger partial charge is 0.481 e. The van der Waals surface area contributed by atoms with E-state index in [2.05, 4.69) is 0 Å². The van der Waals surface area contributed by atoms with Crippen molar-refractivity contribution >= 4 is 63.9 Å². The fourth-order valence-corrected chi connectivity index (χ4v) is 3.46. The Morgan fingerprint density at radius 1 is 1.21 bits per heavy atom. The predicted molar refractivity (Wildman–Crippen MR) is 109 cm³/mol. The number of nitrogens with two attached hydrogens (primary N) is 1. The van der Waals surface area contributed by atoms with Gasteiger partial charge in [-0.3, -0.25) is 4.79 Å². The third kappa shape index (κ3) is 4.89. The minimum Gasteiger partial charge on any atom is -0.481 e. The smallest absolute Gasteiger partial charge is 0.341 e. The Bertz CT molecular complexity index is 1030. The number of rotatable bonds is 7. The molecule has 0 atom stereocenters. The van der Waals surface area contributed by atoms with E-state index in [0.29, 0.717) is 22.7 Å². The van der Waals surface area contributed by atoms with Crippen molar-refractivity contribution in [1.82, 2.24) is 4.57 Å². The summed E-state index contributed by atoms with van der Waals surface area (Å²) in [5, 5.41) is 10.3. The van der Waals surface area contributed by atoms with Crippen LogP contribution in [-0.2, 0) is 22.6 Å². The summed E-state index contributed by atoms with van der Waals surface area (Å²) in [7, 11) is 0. The molecular formula is C20H19ClN2NaO4. The Morgan fingerprint density at radius 3 is 2.57 bits per heavy atom. The minimum absolute atomic E-state index is 0. The maximum atomic E-state index is 11.6. The molecule has 0 spiro atoms. The summed E-state index contributed by atoms with van der Waals surface area (Å²) in [4.78, 5) is 22.5. The SMILES string of the molecule is Cc1c(CC(N)=O)c2c(OCC(=O)O)cccc2n1Cc1cccc(Cl)c1.[Na]. The molecule has 0 saturated carbocycles. The molecule has 0 aliphatic rings. The van der Waals surface area contributed by atoms with Gasteiger partial charge in [0.05, 0.1) is 11.9 Å². The topological polar surface area (TPSA) is 94.6 Å². The average molecular weight is 410 g/mol. The molecule has 6 nitrogen and oxygen atoms in total. The summed E-state index contributed by atoms with van der Waals surface area (Å²) in [6, 6.07) is 12.9. The third-order valence-corrected chi connectivity index (χ3v) is 4.61. The van der Waals surface area contributed by atoms with E-state index in [4.69, 9.17) is 27.2 Å². The number of hydrogen-bond donors (Lipinski definition) is 2. The third-order valence-electron chi connectivity index (χ3n) is 4.37. The molecule has 1 aromatic heterocycles. The van der Waals surface area contributed by atoms with Crippen molar-refractivity contribution in [2.24, 2.45) is 5.73 Å². The van der Waals surface area contributed by atoms with Crippen LogP contribution < -0.4 is 10.5 Å². The van der Waals surface area contributed by atoms with E-state index < -0.39 is 18.5 Å². The predicted octanol–water partition coefficient (Wildman–Crippen LogP) is 2.76. The first-order chi connectivity index (χ1) is 12.9. The molecule has 141 valence electrons. The van der Waals surface area contributed by atoms with Crippen LogP contribution in [-0.4, -0.2) is 57.7 Å². The molecule has 2 aromatic carbocycles. The molecule has 1 radical (unpaired) electrons. The molecule has 3 rings (SSSR count). The van der Waals surface area contributed by atoms with Crippen LogP contribution >= 0.6 is 11.6 Å². The number of nitrogens with zero attached hydrogens (tertiary/aromatic N) is 1. The Labute approximate surface area is 189 Å². The fourth-order valence-electron chi connectivity index (χ4n) is 3.24. The van der Waals surface area contributed by atoms with Crippen molar-refractivity contribution in [2.75, 3.05) is 6.61 Å². The summed E-state index contributed by atoms with van der Waals surface area (Å²) in [5.41, 5.74) is 8.89. The quantitative estimate of drug-likeness (QED) is 0.586. The molecule has 1 amide bonds. The standard InChI is InChI=1S/C20H19ClN2O4.Na/c1-12-15(9-18(22)24)20-16(6-3-7-17(20)27-11-19(25)26)23(12)10-13-4-2-5-14(21)8-13;/h2-8H,9-11H2,1H3,(H2,22,24)(H,25,26);. The number of aliphatic carboxylic acids is 1. The molecule has 28 heavy (non-hydrogen) atoms. The van der Waals surface area contributed by atoms with E-state index in [0.717, 1.165) is 22.3 Å². The Hall–Kier alpha value is -1.99. The van der Waals surface area contributed by atoms with Gasteiger partial charge >= 0.3 is 5.97 Å². The van der Waals surface area contributed by atoms with Crippen LogP contribution in [0.15, 0.2) is 42.5 Å². The Balaban J connectivity index is 0.00000280. The maximum absolute atomic E-state index is 11.6. The van der Waals surface area contributed by atoms with Crippen LogP contribution in [0.5, 0.6) is 5.75 Å². The van der Waals surface area contributed by atoms with E-state index in [9.17, 15) is 9.59 Å². The summed E-state index contributed by atoms with van der Waals surface area (Å²) in [6.07, 6.45) is 0.0400. The number of carbonyl (C=O) groups is 2. The monoisotopic (exact) mass is 409 g/mol. The molecule has 1 heterocycles. The second kappa shape index (κ2) is 9.47. The van der Waals surface area contributed by atoms with Crippen LogP contribution in [0.3, 0.4) is 0 Å². The van der Waals surface area contributed by atoms with Gasteiger partial charge in [-0.2, -0.15) is 0 Å². The van der Waals surface area contributed by atoms with Gasteiger partial charge in [-0.1, -0.05) is 29.8 Å². The van der Waals surface area contributed by atoms with Gasteiger partial charge in [0.1, 0.15) is 5.75 Å². The maximum Gasteiger partial charge on any atom is 0.341 e. The number of halogens is 1. The normalized spacial score (nSPS) is 10.5. The number of ether oxygens (including phenoxy) is 1. The van der Waals surface area contributed by atoms with E-state index in [1.165, 1.54) is 0 Å². The minimum atomic E-state index is -1.07. The first kappa shape index (κ1) is 22.3. The zero-order valence-electron chi connectivity index (χ0n) is 15.7. The Morgan fingerprint density at radius 2 is 1.93 bits per heavy atom. The second-order valence-corrected chi connectivity index (χ2v) is 6.69. The van der Waals surface area contributed by atoms with Gasteiger partial charge in [0, 0.05) is 52.2 Å². The van der Waals surface area contributed by atoms with Crippen molar-refractivity contribution in [3.8, 4) is 5.75 Å². The number of fused-ring (bicyclic) bond motifs is 1. The molecule has 8 heteroatoms. The van der Waals surface area contributed by atoms with Gasteiger partial charge in [0.25, 0.3) is 0 Å². The van der Waals surface area contributed by atoms with E-state index in [-0.39, 0.29) is 36.0 Å². The number of carboxylic acids is 1. The molecule has 0 saturated heterocycles. The number of primary amides is 1. The summed E-state index contributed by atoms with van der Waals surface area (Å²) in [5.74, 6) is -1.12. The number of aromatic nitrogens is 1. The summed E-state index contributed by atoms with van der Waals surface area (Å²) in [6.45, 7) is 1.99. The van der Waals surface area contributed by atoms with Gasteiger partial charge in [0.2, 0.25) is 5.91 Å².